The van der Waals surface area contributed by atoms with E-state index in [1.54, 1.807) is 48.5 Å². The minimum Gasteiger partial charge on any atom is -0.493 e. The SMILES string of the molecule is COc1cc(C=Nn2c(-c3cc4cc(Br)ccc4o3)nc3ccccc3c2=O)c(Br)c(Cl)c1OCc1ccc([N+](=O)[O-])cc1. The van der Waals surface area contributed by atoms with E-state index in [0.29, 0.717) is 43.6 Å². The Morgan fingerprint density at radius 2 is 1.86 bits per heavy atom. The third kappa shape index (κ3) is 5.71. The monoisotopic (exact) mass is 736 g/mol. The molecule has 6 aromatic rings. The summed E-state index contributed by atoms with van der Waals surface area (Å²) < 4.78 is 20.1. The average molecular weight is 739 g/mol. The van der Waals surface area contributed by atoms with E-state index >= 15 is 0 Å². The summed E-state index contributed by atoms with van der Waals surface area (Å²) in [4.78, 5) is 28.9. The number of aromatic nitrogens is 2. The van der Waals surface area contributed by atoms with E-state index in [-0.39, 0.29) is 34.5 Å². The molecule has 220 valence electrons. The Morgan fingerprint density at radius 3 is 2.61 bits per heavy atom. The largest absolute Gasteiger partial charge is 0.493 e. The Kier molecular flexibility index (Phi) is 8.21. The van der Waals surface area contributed by atoms with Gasteiger partial charge < -0.3 is 13.9 Å². The number of non-ortho nitro benzene ring substituents is 1. The number of rotatable bonds is 8. The second-order valence-corrected chi connectivity index (χ2v) is 11.5. The van der Waals surface area contributed by atoms with Gasteiger partial charge in [0.2, 0.25) is 5.82 Å². The highest BCUT2D eigenvalue weighted by molar-refractivity contribution is 9.10. The van der Waals surface area contributed by atoms with Crippen LogP contribution in [-0.2, 0) is 6.61 Å². The number of furan rings is 1. The van der Waals surface area contributed by atoms with Crippen LogP contribution in [0.2, 0.25) is 5.02 Å². The molecular formula is C31H19Br2ClN4O6. The lowest BCUT2D eigenvalue weighted by molar-refractivity contribution is -0.384. The maximum Gasteiger partial charge on any atom is 0.282 e. The fourth-order valence-electron chi connectivity index (χ4n) is 4.49. The fourth-order valence-corrected chi connectivity index (χ4v) is 5.52. The maximum atomic E-state index is 13.7. The number of hydrogen-bond acceptors (Lipinski definition) is 8. The van der Waals surface area contributed by atoms with Crippen molar-refractivity contribution in [2.24, 2.45) is 5.10 Å². The fraction of sp³-hybridized carbons (Fsp3) is 0.0645. The summed E-state index contributed by atoms with van der Waals surface area (Å²) in [6, 6.07) is 22.0. The zero-order chi connectivity index (χ0) is 31.0. The lowest BCUT2D eigenvalue weighted by Crippen LogP contribution is -2.20. The molecule has 0 amide bonds. The molecule has 0 saturated carbocycles. The zero-order valence-electron chi connectivity index (χ0n) is 22.7. The van der Waals surface area contributed by atoms with E-state index in [1.165, 1.54) is 30.1 Å². The summed E-state index contributed by atoms with van der Waals surface area (Å²) in [6.07, 6.45) is 1.46. The highest BCUT2D eigenvalue weighted by Gasteiger charge is 2.19. The number of nitro benzene ring substituents is 1. The number of para-hydroxylation sites is 1. The van der Waals surface area contributed by atoms with Crippen LogP contribution in [0.4, 0.5) is 5.69 Å². The molecule has 0 bridgehead atoms. The van der Waals surface area contributed by atoms with Gasteiger partial charge in [0, 0.05) is 32.0 Å². The lowest BCUT2D eigenvalue weighted by atomic mass is 10.2. The Labute approximate surface area is 270 Å². The number of hydrogen-bond donors (Lipinski definition) is 0. The molecule has 6 rings (SSSR count). The second kappa shape index (κ2) is 12.2. The van der Waals surface area contributed by atoms with Gasteiger partial charge in [0.05, 0.1) is 29.2 Å². The second-order valence-electron chi connectivity index (χ2n) is 9.44. The Balaban J connectivity index is 1.39. The molecule has 0 unspecified atom stereocenters. The first-order chi connectivity index (χ1) is 21.2. The highest BCUT2D eigenvalue weighted by Crippen LogP contribution is 2.42. The molecule has 0 radical (unpaired) electrons. The summed E-state index contributed by atoms with van der Waals surface area (Å²) in [7, 11) is 1.47. The van der Waals surface area contributed by atoms with Crippen molar-refractivity contribution in [3.05, 3.63) is 124 Å². The van der Waals surface area contributed by atoms with E-state index in [4.69, 9.17) is 30.5 Å². The zero-order valence-corrected chi connectivity index (χ0v) is 26.6. The van der Waals surface area contributed by atoms with Crippen molar-refractivity contribution in [2.45, 2.75) is 6.61 Å². The van der Waals surface area contributed by atoms with Crippen molar-refractivity contribution in [2.75, 3.05) is 7.11 Å². The van der Waals surface area contributed by atoms with Gasteiger partial charge in [0.1, 0.15) is 17.2 Å². The van der Waals surface area contributed by atoms with Crippen LogP contribution in [-0.4, -0.2) is 27.9 Å². The molecule has 0 aliphatic carbocycles. The number of halogens is 3. The van der Waals surface area contributed by atoms with Gasteiger partial charge in [-0.15, -0.1) is 0 Å². The van der Waals surface area contributed by atoms with Crippen LogP contribution < -0.4 is 15.0 Å². The van der Waals surface area contributed by atoms with E-state index < -0.39 is 4.92 Å². The van der Waals surface area contributed by atoms with Gasteiger partial charge in [-0.05, 0) is 76.1 Å². The molecule has 0 saturated heterocycles. The van der Waals surface area contributed by atoms with Crippen molar-refractivity contribution in [3.63, 3.8) is 0 Å². The Hall–Kier alpha value is -4.52. The maximum absolute atomic E-state index is 13.7. The molecule has 0 N–H and O–H groups in total. The van der Waals surface area contributed by atoms with E-state index in [9.17, 15) is 14.9 Å². The van der Waals surface area contributed by atoms with E-state index in [1.807, 2.05) is 18.2 Å². The smallest absolute Gasteiger partial charge is 0.282 e. The quantitative estimate of drug-likeness (QED) is 0.0874. The number of fused-ring (bicyclic) bond motifs is 2. The normalized spacial score (nSPS) is 11.5. The Morgan fingerprint density at radius 1 is 1.09 bits per heavy atom. The first kappa shape index (κ1) is 29.5. The molecule has 0 spiro atoms. The van der Waals surface area contributed by atoms with Crippen LogP contribution in [0.15, 0.2) is 102 Å². The molecule has 4 aromatic carbocycles. The Bertz CT molecular complexity index is 2160. The number of benzene rings is 4. The summed E-state index contributed by atoms with van der Waals surface area (Å²) in [5.74, 6) is 1.15. The summed E-state index contributed by atoms with van der Waals surface area (Å²) in [5.41, 5.74) is 1.91. The van der Waals surface area contributed by atoms with E-state index in [0.717, 1.165) is 9.86 Å². The van der Waals surface area contributed by atoms with Crippen LogP contribution in [0.1, 0.15) is 11.1 Å². The van der Waals surface area contributed by atoms with Crippen molar-refractivity contribution in [3.8, 4) is 23.1 Å². The van der Waals surface area contributed by atoms with Crippen LogP contribution in [0.5, 0.6) is 11.5 Å². The van der Waals surface area contributed by atoms with Crippen molar-refractivity contribution < 1.29 is 18.8 Å². The molecular weight excluding hydrogens is 720 g/mol. The predicted octanol–water partition coefficient (Wildman–Crippen LogP) is 8.37. The topological polar surface area (TPSA) is 122 Å². The first-order valence-corrected chi connectivity index (χ1v) is 14.9. The molecule has 44 heavy (non-hydrogen) atoms. The van der Waals surface area contributed by atoms with Gasteiger partial charge in [-0.25, -0.2) is 4.98 Å². The van der Waals surface area contributed by atoms with Gasteiger partial charge >= 0.3 is 0 Å². The summed E-state index contributed by atoms with van der Waals surface area (Å²) in [6.45, 7) is 0.0868. The van der Waals surface area contributed by atoms with Gasteiger partial charge in [-0.3, -0.25) is 14.9 Å². The van der Waals surface area contributed by atoms with Gasteiger partial charge in [-0.2, -0.15) is 9.78 Å². The molecule has 0 aliphatic rings. The molecule has 2 heterocycles. The van der Waals surface area contributed by atoms with E-state index in [2.05, 4.69) is 37.0 Å². The number of nitrogens with zero attached hydrogens (tertiary/aromatic N) is 4. The number of ether oxygens (including phenoxy) is 2. The first-order valence-electron chi connectivity index (χ1n) is 12.9. The minimum atomic E-state index is -0.469. The van der Waals surface area contributed by atoms with Gasteiger partial charge in [0.25, 0.3) is 11.2 Å². The van der Waals surface area contributed by atoms with Gasteiger partial charge in [-0.1, -0.05) is 39.7 Å². The molecule has 0 fully saturated rings. The third-order valence-electron chi connectivity index (χ3n) is 6.67. The van der Waals surface area contributed by atoms with Crippen molar-refractivity contribution >= 4 is 77.2 Å². The minimum absolute atomic E-state index is 0.0204. The molecule has 2 aromatic heterocycles. The van der Waals surface area contributed by atoms with Crippen LogP contribution in [0.3, 0.4) is 0 Å². The van der Waals surface area contributed by atoms with Crippen molar-refractivity contribution in [1.29, 1.82) is 0 Å². The number of methoxy groups -OCH3 is 1. The summed E-state index contributed by atoms with van der Waals surface area (Å²) in [5, 5.41) is 16.9. The van der Waals surface area contributed by atoms with Crippen LogP contribution in [0, 0.1) is 10.1 Å². The number of nitro groups is 1. The molecule has 13 heteroatoms. The van der Waals surface area contributed by atoms with Gasteiger partial charge in [0.15, 0.2) is 17.3 Å². The van der Waals surface area contributed by atoms with Crippen LogP contribution >= 0.6 is 43.5 Å². The lowest BCUT2D eigenvalue weighted by Gasteiger charge is -2.15. The van der Waals surface area contributed by atoms with Crippen molar-refractivity contribution in [1.82, 2.24) is 9.66 Å². The predicted molar refractivity (Wildman–Crippen MR) is 175 cm³/mol. The third-order valence-corrected chi connectivity index (χ3v) is 8.61. The molecule has 0 aliphatic heterocycles. The molecule has 10 nitrogen and oxygen atoms in total. The molecule has 0 atom stereocenters. The highest BCUT2D eigenvalue weighted by atomic mass is 79.9. The van der Waals surface area contributed by atoms with Crippen LogP contribution in [0.25, 0.3) is 33.5 Å². The standard InChI is InChI=1S/C31H19Br2ClN4O6/c1-42-25-14-19(27(33)28(34)29(25)43-16-17-6-9-21(10-7-17)38(40)41)15-35-37-30(36-23-5-3-2-4-22(23)31(37)39)26-13-18-12-20(32)8-11-24(18)44-26/h2-15H,16H2,1H3. The average Bonchev–Trinajstić information content (AvgIpc) is 3.45. The summed E-state index contributed by atoms with van der Waals surface area (Å²) >= 11 is 13.7.